The van der Waals surface area contributed by atoms with Gasteiger partial charge in [-0.15, -0.1) is 0 Å². The van der Waals surface area contributed by atoms with Crippen molar-refractivity contribution in [2.24, 2.45) is 7.05 Å². The lowest BCUT2D eigenvalue weighted by Crippen LogP contribution is -2.02. The Balaban J connectivity index is 1.85. The van der Waals surface area contributed by atoms with Crippen molar-refractivity contribution in [2.75, 3.05) is 5.32 Å². The molecule has 5 nitrogen and oxygen atoms in total. The summed E-state index contributed by atoms with van der Waals surface area (Å²) in [6, 6.07) is 6.13. The molecule has 0 aliphatic rings. The fourth-order valence-corrected chi connectivity index (χ4v) is 2.31. The van der Waals surface area contributed by atoms with Crippen LogP contribution in [0.25, 0.3) is 11.0 Å². The Morgan fingerprint density at radius 2 is 2.05 bits per heavy atom. The summed E-state index contributed by atoms with van der Waals surface area (Å²) < 4.78 is 1.81. The van der Waals surface area contributed by atoms with Gasteiger partial charge in [0.25, 0.3) is 0 Å². The van der Waals surface area contributed by atoms with Crippen LogP contribution in [-0.2, 0) is 13.6 Å². The SMILES string of the molecule is Cc1ncccc1CNc1cnc2c(c1)c(C)nn2C. The van der Waals surface area contributed by atoms with E-state index in [9.17, 15) is 0 Å². The summed E-state index contributed by atoms with van der Waals surface area (Å²) in [5.74, 6) is 0. The minimum atomic E-state index is 0.742. The van der Waals surface area contributed by atoms with E-state index in [1.54, 1.807) is 4.68 Å². The molecule has 0 aliphatic carbocycles. The zero-order chi connectivity index (χ0) is 14.1. The molecule has 0 saturated heterocycles. The van der Waals surface area contributed by atoms with Crippen LogP contribution in [0, 0.1) is 13.8 Å². The molecule has 0 bridgehead atoms. The fraction of sp³-hybridized carbons (Fsp3) is 0.267. The smallest absolute Gasteiger partial charge is 0.157 e. The summed E-state index contributed by atoms with van der Waals surface area (Å²) in [5.41, 5.74) is 5.14. The monoisotopic (exact) mass is 267 g/mol. The second-order valence-corrected chi connectivity index (χ2v) is 4.91. The number of aryl methyl sites for hydroxylation is 3. The van der Waals surface area contributed by atoms with Crippen LogP contribution in [0.3, 0.4) is 0 Å². The number of rotatable bonds is 3. The first-order chi connectivity index (χ1) is 9.65. The van der Waals surface area contributed by atoms with Crippen LogP contribution in [0.15, 0.2) is 30.6 Å². The number of aromatic nitrogens is 4. The Morgan fingerprint density at radius 1 is 1.20 bits per heavy atom. The van der Waals surface area contributed by atoms with Gasteiger partial charge in [-0.2, -0.15) is 5.10 Å². The molecule has 102 valence electrons. The summed E-state index contributed by atoms with van der Waals surface area (Å²) in [6.45, 7) is 4.76. The van der Waals surface area contributed by atoms with Gasteiger partial charge in [0.1, 0.15) is 0 Å². The van der Waals surface area contributed by atoms with Crippen LogP contribution in [0.1, 0.15) is 17.0 Å². The minimum absolute atomic E-state index is 0.742. The molecule has 0 spiro atoms. The van der Waals surface area contributed by atoms with Crippen LogP contribution in [-0.4, -0.2) is 19.7 Å². The van der Waals surface area contributed by atoms with E-state index in [4.69, 9.17) is 0 Å². The largest absolute Gasteiger partial charge is 0.380 e. The van der Waals surface area contributed by atoms with Gasteiger partial charge < -0.3 is 5.32 Å². The van der Waals surface area contributed by atoms with Crippen molar-refractivity contribution in [3.8, 4) is 0 Å². The fourth-order valence-electron chi connectivity index (χ4n) is 2.31. The van der Waals surface area contributed by atoms with Crippen molar-refractivity contribution < 1.29 is 0 Å². The third-order valence-electron chi connectivity index (χ3n) is 3.46. The Hall–Kier alpha value is -2.43. The highest BCUT2D eigenvalue weighted by Gasteiger charge is 2.07. The molecule has 0 aromatic carbocycles. The first-order valence-electron chi connectivity index (χ1n) is 6.59. The average molecular weight is 267 g/mol. The number of hydrogen-bond acceptors (Lipinski definition) is 4. The predicted molar refractivity (Wildman–Crippen MR) is 79.5 cm³/mol. The lowest BCUT2D eigenvalue weighted by Gasteiger charge is -2.08. The topological polar surface area (TPSA) is 55.6 Å². The molecular formula is C15H17N5. The quantitative estimate of drug-likeness (QED) is 0.792. The van der Waals surface area contributed by atoms with Crippen molar-refractivity contribution in [3.63, 3.8) is 0 Å². The van der Waals surface area contributed by atoms with Crippen LogP contribution in [0.5, 0.6) is 0 Å². The molecule has 1 N–H and O–H groups in total. The maximum absolute atomic E-state index is 4.46. The molecule has 0 saturated carbocycles. The molecule has 3 aromatic rings. The zero-order valence-electron chi connectivity index (χ0n) is 11.9. The maximum atomic E-state index is 4.46. The van der Waals surface area contributed by atoms with E-state index >= 15 is 0 Å². The normalized spacial score (nSPS) is 10.9. The third kappa shape index (κ3) is 2.22. The Labute approximate surface area is 117 Å². The van der Waals surface area contributed by atoms with E-state index in [1.807, 2.05) is 39.4 Å². The number of hydrogen-bond donors (Lipinski definition) is 1. The highest BCUT2D eigenvalue weighted by molar-refractivity contribution is 5.81. The van der Waals surface area contributed by atoms with E-state index in [-0.39, 0.29) is 0 Å². The molecule has 0 fully saturated rings. The lowest BCUT2D eigenvalue weighted by atomic mass is 10.2. The van der Waals surface area contributed by atoms with E-state index in [0.29, 0.717) is 0 Å². The zero-order valence-corrected chi connectivity index (χ0v) is 11.9. The molecule has 0 radical (unpaired) electrons. The van der Waals surface area contributed by atoms with Crippen molar-refractivity contribution in [1.82, 2.24) is 19.7 Å². The van der Waals surface area contributed by atoms with Gasteiger partial charge in [-0.1, -0.05) is 6.07 Å². The van der Waals surface area contributed by atoms with Crippen LogP contribution in [0.2, 0.25) is 0 Å². The molecule has 0 unspecified atom stereocenters. The van der Waals surface area contributed by atoms with Crippen molar-refractivity contribution >= 4 is 16.7 Å². The highest BCUT2D eigenvalue weighted by atomic mass is 15.3. The van der Waals surface area contributed by atoms with Crippen LogP contribution < -0.4 is 5.32 Å². The highest BCUT2D eigenvalue weighted by Crippen LogP contribution is 2.19. The van der Waals surface area contributed by atoms with Gasteiger partial charge in [0.05, 0.1) is 17.6 Å². The number of nitrogens with one attached hydrogen (secondary N) is 1. The lowest BCUT2D eigenvalue weighted by molar-refractivity contribution is 0.774. The number of pyridine rings is 2. The van der Waals surface area contributed by atoms with Crippen LogP contribution in [0.4, 0.5) is 5.69 Å². The van der Waals surface area contributed by atoms with Gasteiger partial charge in [-0.3, -0.25) is 9.67 Å². The summed E-state index contributed by atoms with van der Waals surface area (Å²) in [7, 11) is 1.91. The summed E-state index contributed by atoms with van der Waals surface area (Å²) >= 11 is 0. The Morgan fingerprint density at radius 3 is 2.85 bits per heavy atom. The van der Waals surface area contributed by atoms with E-state index in [1.165, 1.54) is 5.56 Å². The molecule has 0 atom stereocenters. The molecule has 3 rings (SSSR count). The summed E-state index contributed by atoms with van der Waals surface area (Å²) in [5, 5.41) is 8.85. The number of anilines is 1. The maximum Gasteiger partial charge on any atom is 0.157 e. The van der Waals surface area contributed by atoms with Gasteiger partial charge in [-0.05, 0) is 31.5 Å². The molecule has 0 amide bonds. The van der Waals surface area contributed by atoms with Gasteiger partial charge in [-0.25, -0.2) is 4.98 Å². The van der Waals surface area contributed by atoms with E-state index in [0.717, 1.165) is 34.7 Å². The first-order valence-corrected chi connectivity index (χ1v) is 6.59. The average Bonchev–Trinajstić information content (AvgIpc) is 2.73. The van der Waals surface area contributed by atoms with Crippen LogP contribution >= 0.6 is 0 Å². The summed E-state index contributed by atoms with van der Waals surface area (Å²) in [6.07, 6.45) is 3.65. The van der Waals surface area contributed by atoms with Crippen molar-refractivity contribution in [1.29, 1.82) is 0 Å². The van der Waals surface area contributed by atoms with Crippen molar-refractivity contribution in [3.05, 3.63) is 47.5 Å². The molecule has 3 aromatic heterocycles. The Bertz CT molecular complexity index is 760. The Kier molecular flexibility index (Phi) is 3.10. The second kappa shape index (κ2) is 4.92. The van der Waals surface area contributed by atoms with Gasteiger partial charge >= 0.3 is 0 Å². The van der Waals surface area contributed by atoms with Gasteiger partial charge in [0.2, 0.25) is 0 Å². The molecule has 5 heteroatoms. The molecule has 0 aliphatic heterocycles. The van der Waals surface area contributed by atoms with Gasteiger partial charge in [0.15, 0.2) is 5.65 Å². The predicted octanol–water partition coefficient (Wildman–Crippen LogP) is 2.59. The van der Waals surface area contributed by atoms with Gasteiger partial charge in [0, 0.05) is 30.9 Å². The third-order valence-corrected chi connectivity index (χ3v) is 3.46. The molecule has 20 heavy (non-hydrogen) atoms. The second-order valence-electron chi connectivity index (χ2n) is 4.91. The standard InChI is InChI=1S/C15H17N5/c1-10-12(5-4-6-16-10)8-17-13-7-14-11(2)19-20(3)15(14)18-9-13/h4-7,9,17H,8H2,1-3H3. The number of fused-ring (bicyclic) bond motifs is 1. The number of nitrogens with zero attached hydrogens (tertiary/aromatic N) is 4. The van der Waals surface area contributed by atoms with E-state index < -0.39 is 0 Å². The molecule has 3 heterocycles. The van der Waals surface area contributed by atoms with E-state index in [2.05, 4.69) is 32.5 Å². The first kappa shape index (κ1) is 12.6. The molecular weight excluding hydrogens is 250 g/mol. The minimum Gasteiger partial charge on any atom is -0.380 e. The summed E-state index contributed by atoms with van der Waals surface area (Å²) in [4.78, 5) is 8.75. The van der Waals surface area contributed by atoms with Crippen molar-refractivity contribution in [2.45, 2.75) is 20.4 Å².